The molecule has 2 rings (SSSR count). The van der Waals surface area contributed by atoms with Gasteiger partial charge in [0, 0.05) is 0 Å². The normalized spacial score (nSPS) is 11.1. The van der Waals surface area contributed by atoms with E-state index in [-0.39, 0.29) is 18.0 Å². The average Bonchev–Trinajstić information content (AvgIpc) is 2.74. The van der Waals surface area contributed by atoms with Gasteiger partial charge in [0.25, 0.3) is 0 Å². The van der Waals surface area contributed by atoms with Crippen molar-refractivity contribution in [3.05, 3.63) is 71.8 Å². The summed E-state index contributed by atoms with van der Waals surface area (Å²) in [7, 11) is 0. The molecule has 0 aliphatic rings. The van der Waals surface area contributed by atoms with Crippen LogP contribution in [0.4, 0.5) is 0 Å². The molecule has 0 aromatic heterocycles. The van der Waals surface area contributed by atoms with Crippen molar-refractivity contribution in [3.63, 3.8) is 0 Å². The topological polar surface area (TPSA) is 108 Å². The molecule has 0 saturated heterocycles. The van der Waals surface area contributed by atoms with Gasteiger partial charge in [-0.1, -0.05) is 36.4 Å². The van der Waals surface area contributed by atoms with E-state index in [4.69, 9.17) is 9.47 Å². The largest absolute Gasteiger partial charge is 0.488 e. The highest BCUT2D eigenvalue weighted by Gasteiger charge is 2.04. The van der Waals surface area contributed by atoms with Gasteiger partial charge in [0.1, 0.15) is 37.8 Å². The van der Waals surface area contributed by atoms with Crippen LogP contribution in [0.2, 0.25) is 0 Å². The number of carbonyl (C=O) groups excluding carboxylic acids is 2. The van der Waals surface area contributed by atoms with E-state index in [1.54, 1.807) is 12.2 Å². The van der Waals surface area contributed by atoms with Crippen LogP contribution in [-0.2, 0) is 9.59 Å². The minimum Gasteiger partial charge on any atom is -0.488 e. The molecule has 0 unspecified atom stereocenters. The fourth-order valence-corrected chi connectivity index (χ4v) is 2.40. The zero-order valence-corrected chi connectivity index (χ0v) is 16.5. The molecule has 0 aliphatic heterocycles. The molecule has 6 heteroatoms. The molecular weight excluding hydrogens is 368 g/mol. The molecule has 0 radical (unpaired) electrons. The highest BCUT2D eigenvalue weighted by molar-refractivity contribution is 6.10. The fraction of sp³-hybridized carbons (Fsp3) is 0.217. The van der Waals surface area contributed by atoms with Crippen molar-refractivity contribution in [3.8, 4) is 11.5 Å². The Bertz CT molecular complexity index is 769. The van der Waals surface area contributed by atoms with Crippen LogP contribution in [0.1, 0.15) is 17.5 Å². The summed E-state index contributed by atoms with van der Waals surface area (Å²) in [5.74, 6) is 1.04. The van der Waals surface area contributed by atoms with Crippen molar-refractivity contribution in [2.24, 2.45) is 0 Å². The lowest BCUT2D eigenvalue weighted by molar-refractivity contribution is -0.371. The summed E-state index contributed by atoms with van der Waals surface area (Å²) in [6, 6.07) is 14.8. The Labute approximate surface area is 170 Å². The van der Waals surface area contributed by atoms with Crippen LogP contribution in [0.5, 0.6) is 11.5 Å². The van der Waals surface area contributed by atoms with Gasteiger partial charge in [0.2, 0.25) is 0 Å². The third-order valence-electron chi connectivity index (χ3n) is 3.86. The Kier molecular flexibility index (Phi) is 9.35. The number of benzene rings is 2. The fourth-order valence-electron chi connectivity index (χ4n) is 2.40. The lowest BCUT2D eigenvalue weighted by atomic mass is 10.1. The van der Waals surface area contributed by atoms with E-state index < -0.39 is 0 Å². The first-order valence-electron chi connectivity index (χ1n) is 9.57. The van der Waals surface area contributed by atoms with Gasteiger partial charge in [-0.15, -0.1) is 0 Å². The number of hydrogen-bond donors (Lipinski definition) is 2. The van der Waals surface area contributed by atoms with Gasteiger partial charge >= 0.3 is 0 Å². The number of allylic oxidation sites excluding steroid dienone is 2. The van der Waals surface area contributed by atoms with Crippen molar-refractivity contribution < 1.29 is 30.5 Å². The van der Waals surface area contributed by atoms with E-state index in [1.165, 1.54) is 12.2 Å². The third-order valence-corrected chi connectivity index (χ3v) is 3.86. The van der Waals surface area contributed by atoms with Crippen LogP contribution >= 0.6 is 0 Å². The Hall–Kier alpha value is -3.22. The number of carbonyl (C=O) groups is 2. The van der Waals surface area contributed by atoms with E-state index >= 15 is 0 Å². The first-order chi connectivity index (χ1) is 14.1. The number of hydrogen-bond acceptors (Lipinski definition) is 4. The second kappa shape index (κ2) is 12.3. The predicted molar refractivity (Wildman–Crippen MR) is 112 cm³/mol. The standard InChI is InChI=1S/C23H26N2O4/c24-13-15-28-22-9-3-18(4-10-22)1-7-20(26)17-21(27)8-2-19-5-11-23(12-6-19)29-16-14-25/h1-12H,13-17,24-25H2/p+2/b7-1+,8-2+. The molecular formula is C23H28N2O4+2. The summed E-state index contributed by atoms with van der Waals surface area (Å²) < 4.78 is 10.9. The highest BCUT2D eigenvalue weighted by atomic mass is 16.5. The van der Waals surface area contributed by atoms with Gasteiger partial charge in [-0.3, -0.25) is 9.59 Å². The molecule has 0 heterocycles. The molecule has 29 heavy (non-hydrogen) atoms. The summed E-state index contributed by atoms with van der Waals surface area (Å²) in [6.07, 6.45) is 6.06. The number of ketones is 2. The summed E-state index contributed by atoms with van der Waals surface area (Å²) in [6.45, 7) is 2.54. The predicted octanol–water partition coefficient (Wildman–Crippen LogP) is 1.18. The van der Waals surface area contributed by atoms with Gasteiger partial charge in [-0.05, 0) is 47.5 Å². The molecule has 0 fully saturated rings. The third kappa shape index (κ3) is 8.55. The summed E-state index contributed by atoms with van der Waals surface area (Å²) >= 11 is 0. The Morgan fingerprint density at radius 2 is 1.07 bits per heavy atom. The van der Waals surface area contributed by atoms with Crippen LogP contribution in [0.15, 0.2) is 60.7 Å². The Morgan fingerprint density at radius 3 is 1.41 bits per heavy atom. The Balaban J connectivity index is 1.81. The molecule has 6 nitrogen and oxygen atoms in total. The van der Waals surface area contributed by atoms with E-state index in [1.807, 2.05) is 48.5 Å². The molecule has 6 N–H and O–H groups in total. The molecule has 2 aromatic carbocycles. The molecule has 0 amide bonds. The molecule has 0 atom stereocenters. The van der Waals surface area contributed by atoms with Crippen molar-refractivity contribution in [1.29, 1.82) is 0 Å². The zero-order valence-electron chi connectivity index (χ0n) is 16.5. The van der Waals surface area contributed by atoms with E-state index in [0.717, 1.165) is 22.6 Å². The SMILES string of the molecule is [NH3+]CCOc1ccc(/C=C/C(=O)CC(=O)/C=C/c2ccc(OCC[NH3+])cc2)cc1. The van der Waals surface area contributed by atoms with Gasteiger partial charge in [-0.2, -0.15) is 0 Å². The molecule has 0 aliphatic carbocycles. The monoisotopic (exact) mass is 396 g/mol. The quantitative estimate of drug-likeness (QED) is 0.415. The summed E-state index contributed by atoms with van der Waals surface area (Å²) in [5.41, 5.74) is 9.17. The van der Waals surface area contributed by atoms with Crippen LogP contribution in [0.3, 0.4) is 0 Å². The number of ether oxygens (including phenoxy) is 2. The number of rotatable bonds is 12. The molecule has 0 bridgehead atoms. The van der Waals surface area contributed by atoms with Crippen LogP contribution < -0.4 is 20.9 Å². The van der Waals surface area contributed by atoms with Gasteiger partial charge in [0.05, 0.1) is 6.42 Å². The second-order valence-electron chi connectivity index (χ2n) is 6.32. The first-order valence-corrected chi connectivity index (χ1v) is 9.57. The van der Waals surface area contributed by atoms with Crippen molar-refractivity contribution >= 4 is 23.7 Å². The van der Waals surface area contributed by atoms with Crippen molar-refractivity contribution in [2.45, 2.75) is 6.42 Å². The highest BCUT2D eigenvalue weighted by Crippen LogP contribution is 2.14. The number of quaternary nitrogens is 2. The van der Waals surface area contributed by atoms with Gasteiger partial charge in [0.15, 0.2) is 11.6 Å². The second-order valence-corrected chi connectivity index (χ2v) is 6.32. The van der Waals surface area contributed by atoms with Crippen LogP contribution in [0, 0.1) is 0 Å². The smallest absolute Gasteiger partial charge is 0.163 e. The summed E-state index contributed by atoms with van der Waals surface area (Å²) in [4.78, 5) is 24.0. The van der Waals surface area contributed by atoms with Gasteiger partial charge in [-0.25, -0.2) is 0 Å². The zero-order chi connectivity index (χ0) is 20.9. The lowest BCUT2D eigenvalue weighted by Gasteiger charge is -2.03. The van der Waals surface area contributed by atoms with Crippen molar-refractivity contribution in [2.75, 3.05) is 26.3 Å². The van der Waals surface area contributed by atoms with Crippen LogP contribution in [0.25, 0.3) is 12.2 Å². The maximum absolute atomic E-state index is 12.0. The summed E-state index contributed by atoms with van der Waals surface area (Å²) in [5, 5.41) is 0. The van der Waals surface area contributed by atoms with Gasteiger partial charge < -0.3 is 20.9 Å². The molecule has 152 valence electrons. The minimum absolute atomic E-state index is 0.164. The minimum atomic E-state index is -0.242. The van der Waals surface area contributed by atoms with Crippen LogP contribution in [-0.4, -0.2) is 37.9 Å². The van der Waals surface area contributed by atoms with Crippen molar-refractivity contribution in [1.82, 2.24) is 0 Å². The maximum atomic E-state index is 12.0. The van der Waals surface area contributed by atoms with E-state index in [2.05, 4.69) is 11.5 Å². The lowest BCUT2D eigenvalue weighted by Crippen LogP contribution is -2.52. The molecule has 2 aromatic rings. The maximum Gasteiger partial charge on any atom is 0.163 e. The molecule has 0 spiro atoms. The van der Waals surface area contributed by atoms with E-state index in [9.17, 15) is 9.59 Å². The molecule has 0 saturated carbocycles. The first kappa shape index (κ1) is 22.1. The Morgan fingerprint density at radius 1 is 0.690 bits per heavy atom. The van der Waals surface area contributed by atoms with E-state index in [0.29, 0.717) is 26.3 Å². The average molecular weight is 396 g/mol.